The molecule has 0 saturated heterocycles. The molecule has 3 aromatic carbocycles. The Hall–Kier alpha value is -3.09. The topological polar surface area (TPSA) is 69.7 Å². The summed E-state index contributed by atoms with van der Waals surface area (Å²) in [6.07, 6.45) is 0.402. The number of hydrogen-bond donors (Lipinski definition) is 1. The van der Waals surface area contributed by atoms with Gasteiger partial charge in [0.2, 0.25) is 11.8 Å². The number of benzene rings is 3. The van der Waals surface area contributed by atoms with E-state index in [1.807, 2.05) is 58.0 Å². The molecule has 0 saturated carbocycles. The van der Waals surface area contributed by atoms with Crippen molar-refractivity contribution in [2.75, 3.05) is 11.4 Å². The van der Waals surface area contributed by atoms with E-state index in [0.29, 0.717) is 27.7 Å². The quantitative estimate of drug-likeness (QED) is 0.421. The highest BCUT2D eigenvalue weighted by Gasteiger charge is 2.35. The SMILES string of the molecule is CC[C@@H](C(=O)NC(C)(C)C)N(Cc1ccc(Cl)c(Cl)c1)C(=O)CN1C(=O)c2cccc3cccc1c23. The van der Waals surface area contributed by atoms with Gasteiger partial charge in [-0.2, -0.15) is 0 Å². The van der Waals surface area contributed by atoms with Crippen LogP contribution in [0.1, 0.15) is 50.0 Å². The molecule has 3 aromatic rings. The van der Waals surface area contributed by atoms with E-state index in [9.17, 15) is 14.4 Å². The summed E-state index contributed by atoms with van der Waals surface area (Å²) in [5.41, 5.74) is 1.54. The summed E-state index contributed by atoms with van der Waals surface area (Å²) < 4.78 is 0. The Morgan fingerprint density at radius 1 is 1.03 bits per heavy atom. The lowest BCUT2D eigenvalue weighted by Crippen LogP contribution is -2.55. The average Bonchev–Trinajstić information content (AvgIpc) is 3.08. The highest BCUT2D eigenvalue weighted by molar-refractivity contribution is 6.42. The van der Waals surface area contributed by atoms with Crippen molar-refractivity contribution in [3.05, 3.63) is 75.8 Å². The van der Waals surface area contributed by atoms with E-state index in [0.717, 1.165) is 16.3 Å². The van der Waals surface area contributed by atoms with Crippen LogP contribution in [0.25, 0.3) is 10.8 Å². The highest BCUT2D eigenvalue weighted by Crippen LogP contribution is 2.37. The minimum absolute atomic E-state index is 0.144. The summed E-state index contributed by atoms with van der Waals surface area (Å²) >= 11 is 12.3. The van der Waals surface area contributed by atoms with Gasteiger partial charge in [-0.15, -0.1) is 0 Å². The monoisotopic (exact) mass is 525 g/mol. The molecule has 0 aliphatic carbocycles. The molecule has 1 N–H and O–H groups in total. The fourth-order valence-corrected chi connectivity index (χ4v) is 4.89. The van der Waals surface area contributed by atoms with E-state index in [1.54, 1.807) is 24.3 Å². The standard InChI is InChI=1S/C28H29Cl2N3O3/c1-5-22(26(35)31-28(2,3)4)32(15-17-12-13-20(29)21(30)14-17)24(34)16-33-23-11-7-9-18-8-6-10-19(25(18)23)27(33)36/h6-14,22H,5,15-16H2,1-4H3,(H,31,35)/t22-/m0/s1. The Balaban J connectivity index is 1.67. The summed E-state index contributed by atoms with van der Waals surface area (Å²) in [6, 6.07) is 15.6. The van der Waals surface area contributed by atoms with Crippen molar-refractivity contribution in [2.45, 2.75) is 52.2 Å². The van der Waals surface area contributed by atoms with Gasteiger partial charge < -0.3 is 10.2 Å². The second-order valence-electron chi connectivity index (χ2n) is 10.0. The van der Waals surface area contributed by atoms with Gasteiger partial charge in [-0.25, -0.2) is 0 Å². The van der Waals surface area contributed by atoms with Gasteiger partial charge in [0.1, 0.15) is 12.6 Å². The van der Waals surface area contributed by atoms with Gasteiger partial charge in [-0.3, -0.25) is 19.3 Å². The molecule has 8 heteroatoms. The zero-order chi connectivity index (χ0) is 26.2. The third-order valence-corrected chi connectivity index (χ3v) is 6.90. The Kier molecular flexibility index (Phi) is 7.30. The molecule has 188 valence electrons. The number of anilines is 1. The van der Waals surface area contributed by atoms with Crippen molar-refractivity contribution in [2.24, 2.45) is 0 Å². The van der Waals surface area contributed by atoms with Gasteiger partial charge in [0.05, 0.1) is 15.7 Å². The predicted octanol–water partition coefficient (Wildman–Crippen LogP) is 5.83. The molecule has 0 radical (unpaired) electrons. The Morgan fingerprint density at radius 2 is 1.72 bits per heavy atom. The van der Waals surface area contributed by atoms with E-state index in [4.69, 9.17) is 23.2 Å². The minimum Gasteiger partial charge on any atom is -0.350 e. The molecule has 4 rings (SSSR count). The van der Waals surface area contributed by atoms with Gasteiger partial charge in [0.15, 0.2) is 0 Å². The Morgan fingerprint density at radius 3 is 2.36 bits per heavy atom. The number of hydrogen-bond acceptors (Lipinski definition) is 3. The summed E-state index contributed by atoms with van der Waals surface area (Å²) in [5, 5.41) is 5.54. The second-order valence-corrected chi connectivity index (χ2v) is 10.8. The van der Waals surface area contributed by atoms with Crippen LogP contribution in [0.4, 0.5) is 5.69 Å². The maximum Gasteiger partial charge on any atom is 0.259 e. The molecule has 0 spiro atoms. The number of carbonyl (C=O) groups is 3. The van der Waals surface area contributed by atoms with E-state index in [2.05, 4.69) is 5.32 Å². The lowest BCUT2D eigenvalue weighted by molar-refractivity contribution is -0.141. The summed E-state index contributed by atoms with van der Waals surface area (Å²) in [5.74, 6) is -0.816. The summed E-state index contributed by atoms with van der Waals surface area (Å²) in [4.78, 5) is 43.4. The normalized spacial score (nSPS) is 13.7. The molecule has 0 unspecified atom stereocenters. The van der Waals surface area contributed by atoms with Gasteiger partial charge in [0, 0.05) is 23.0 Å². The van der Waals surface area contributed by atoms with Crippen LogP contribution in [0, 0.1) is 0 Å². The van der Waals surface area contributed by atoms with Crippen LogP contribution >= 0.6 is 23.2 Å². The van der Waals surface area contributed by atoms with E-state index < -0.39 is 11.6 Å². The number of amides is 3. The number of nitrogens with one attached hydrogen (secondary N) is 1. The van der Waals surface area contributed by atoms with Crippen molar-refractivity contribution >= 4 is 57.4 Å². The zero-order valence-corrected chi connectivity index (χ0v) is 22.3. The van der Waals surface area contributed by atoms with Crippen LogP contribution in [0.15, 0.2) is 54.6 Å². The van der Waals surface area contributed by atoms with E-state index in [-0.39, 0.29) is 30.8 Å². The summed E-state index contributed by atoms with van der Waals surface area (Å²) in [6.45, 7) is 7.49. The number of nitrogens with zero attached hydrogens (tertiary/aromatic N) is 2. The predicted molar refractivity (Wildman–Crippen MR) is 145 cm³/mol. The van der Waals surface area contributed by atoms with E-state index in [1.165, 1.54) is 9.80 Å². The van der Waals surface area contributed by atoms with Gasteiger partial charge in [-0.1, -0.05) is 60.5 Å². The second kappa shape index (κ2) is 10.1. The third-order valence-electron chi connectivity index (χ3n) is 6.16. The first-order valence-corrected chi connectivity index (χ1v) is 12.6. The molecule has 3 amide bonds. The van der Waals surface area contributed by atoms with Gasteiger partial charge >= 0.3 is 0 Å². The molecule has 36 heavy (non-hydrogen) atoms. The van der Waals surface area contributed by atoms with Crippen LogP contribution in [-0.4, -0.2) is 40.7 Å². The van der Waals surface area contributed by atoms with Crippen LogP contribution < -0.4 is 10.2 Å². The first-order chi connectivity index (χ1) is 17.0. The molecule has 1 heterocycles. The first-order valence-electron chi connectivity index (χ1n) is 11.9. The van der Waals surface area contributed by atoms with Gasteiger partial charge in [0.25, 0.3) is 5.91 Å². The number of halogens is 2. The van der Waals surface area contributed by atoms with Crippen LogP contribution in [0.5, 0.6) is 0 Å². The van der Waals surface area contributed by atoms with Crippen LogP contribution in [-0.2, 0) is 16.1 Å². The first kappa shape index (κ1) is 26.0. The molecule has 0 fully saturated rings. The number of carbonyl (C=O) groups excluding carboxylic acids is 3. The fourth-order valence-electron chi connectivity index (χ4n) is 4.57. The molecule has 0 aromatic heterocycles. The Bertz CT molecular complexity index is 1340. The summed E-state index contributed by atoms with van der Waals surface area (Å²) in [7, 11) is 0. The molecule has 6 nitrogen and oxygen atoms in total. The maximum absolute atomic E-state index is 13.8. The lowest BCUT2D eigenvalue weighted by atomic mass is 10.1. The highest BCUT2D eigenvalue weighted by atomic mass is 35.5. The van der Waals surface area contributed by atoms with Crippen LogP contribution in [0.3, 0.4) is 0 Å². The van der Waals surface area contributed by atoms with Gasteiger partial charge in [-0.05, 0) is 62.4 Å². The van der Waals surface area contributed by atoms with Crippen molar-refractivity contribution in [1.82, 2.24) is 10.2 Å². The van der Waals surface area contributed by atoms with Crippen molar-refractivity contribution in [3.63, 3.8) is 0 Å². The third kappa shape index (κ3) is 5.20. The van der Waals surface area contributed by atoms with Crippen molar-refractivity contribution in [3.8, 4) is 0 Å². The zero-order valence-electron chi connectivity index (χ0n) is 20.8. The molecule has 0 bridgehead atoms. The average molecular weight is 526 g/mol. The maximum atomic E-state index is 13.8. The fraction of sp³-hybridized carbons (Fsp3) is 0.321. The minimum atomic E-state index is -0.734. The van der Waals surface area contributed by atoms with Crippen molar-refractivity contribution in [1.29, 1.82) is 0 Å². The van der Waals surface area contributed by atoms with Crippen LogP contribution in [0.2, 0.25) is 10.0 Å². The van der Waals surface area contributed by atoms with E-state index >= 15 is 0 Å². The molecular formula is C28H29Cl2N3O3. The molecule has 1 aliphatic rings. The Labute approximate surface area is 221 Å². The van der Waals surface area contributed by atoms with Crippen molar-refractivity contribution < 1.29 is 14.4 Å². The lowest BCUT2D eigenvalue weighted by Gasteiger charge is -2.34. The molecule has 1 atom stereocenters. The largest absolute Gasteiger partial charge is 0.350 e. The number of rotatable bonds is 7. The molecular weight excluding hydrogens is 497 g/mol. The smallest absolute Gasteiger partial charge is 0.259 e. The molecule has 1 aliphatic heterocycles.